The third-order valence-corrected chi connectivity index (χ3v) is 1.79. The van der Waals surface area contributed by atoms with Gasteiger partial charge in [-0.05, 0) is 0 Å². The van der Waals surface area contributed by atoms with Crippen LogP contribution in [0.5, 0.6) is 0 Å². The first kappa shape index (κ1) is 9.06. The SMILES string of the molecule is O=c1[nH]c(=O)c2cc([N+](=O)[O-])cnc2[nH]1. The van der Waals surface area contributed by atoms with Gasteiger partial charge >= 0.3 is 5.69 Å². The molecule has 8 nitrogen and oxygen atoms in total. The van der Waals surface area contributed by atoms with E-state index in [1.54, 1.807) is 0 Å². The van der Waals surface area contributed by atoms with Crippen LogP contribution in [0.2, 0.25) is 0 Å². The maximum Gasteiger partial charge on any atom is 0.327 e. The highest BCUT2D eigenvalue weighted by molar-refractivity contribution is 5.75. The zero-order valence-electron chi connectivity index (χ0n) is 7.18. The third kappa shape index (κ3) is 1.47. The van der Waals surface area contributed by atoms with Gasteiger partial charge in [-0.2, -0.15) is 0 Å². The highest BCUT2D eigenvalue weighted by Gasteiger charge is 2.09. The lowest BCUT2D eigenvalue weighted by Crippen LogP contribution is -2.22. The molecule has 0 aliphatic heterocycles. The van der Waals surface area contributed by atoms with Crippen molar-refractivity contribution in [1.82, 2.24) is 15.0 Å². The predicted octanol–water partition coefficient (Wildman–Crippen LogP) is -0.480. The summed E-state index contributed by atoms with van der Waals surface area (Å²) >= 11 is 0. The van der Waals surface area contributed by atoms with Crippen molar-refractivity contribution >= 4 is 16.7 Å². The molecule has 0 radical (unpaired) electrons. The third-order valence-electron chi connectivity index (χ3n) is 1.79. The Labute approximate surface area is 80.7 Å². The van der Waals surface area contributed by atoms with Crippen LogP contribution in [0.3, 0.4) is 0 Å². The molecule has 0 saturated carbocycles. The largest absolute Gasteiger partial charge is 0.327 e. The van der Waals surface area contributed by atoms with Crippen molar-refractivity contribution in [2.75, 3.05) is 0 Å². The van der Waals surface area contributed by atoms with Gasteiger partial charge in [-0.1, -0.05) is 0 Å². The first-order valence-corrected chi connectivity index (χ1v) is 3.84. The summed E-state index contributed by atoms with van der Waals surface area (Å²) in [5, 5.41) is 10.4. The first-order valence-electron chi connectivity index (χ1n) is 3.84. The monoisotopic (exact) mass is 208 g/mol. The molecule has 0 spiro atoms. The number of hydrogen-bond donors (Lipinski definition) is 2. The molecular weight excluding hydrogens is 204 g/mol. The second-order valence-corrected chi connectivity index (χ2v) is 2.76. The summed E-state index contributed by atoms with van der Waals surface area (Å²) in [6.07, 6.45) is 0.970. The molecule has 0 unspecified atom stereocenters. The zero-order chi connectivity index (χ0) is 11.0. The standard InChI is InChI=1S/C7H4N4O4/c12-6-4-1-3(11(14)15)2-8-5(4)9-7(13)10-6/h1-2H,(H2,8,9,10,12,13). The molecule has 8 heteroatoms. The van der Waals surface area contributed by atoms with Gasteiger partial charge in [0.25, 0.3) is 11.2 Å². The summed E-state index contributed by atoms with van der Waals surface area (Å²) in [6, 6.07) is 1.05. The maximum atomic E-state index is 11.2. The number of H-pyrrole nitrogens is 2. The van der Waals surface area contributed by atoms with Gasteiger partial charge in [-0.15, -0.1) is 0 Å². The molecule has 0 amide bonds. The Balaban J connectivity index is 2.89. The van der Waals surface area contributed by atoms with E-state index >= 15 is 0 Å². The number of fused-ring (bicyclic) bond motifs is 1. The zero-order valence-corrected chi connectivity index (χ0v) is 7.18. The molecule has 2 aromatic heterocycles. The summed E-state index contributed by atoms with van der Waals surface area (Å²) in [7, 11) is 0. The second kappa shape index (κ2) is 3.01. The highest BCUT2D eigenvalue weighted by Crippen LogP contribution is 2.12. The van der Waals surface area contributed by atoms with Crippen molar-refractivity contribution in [2.45, 2.75) is 0 Å². The fraction of sp³-hybridized carbons (Fsp3) is 0. The summed E-state index contributed by atoms with van der Waals surface area (Å²) in [5.41, 5.74) is -1.69. The Morgan fingerprint density at radius 3 is 2.73 bits per heavy atom. The van der Waals surface area contributed by atoms with Crippen molar-refractivity contribution in [2.24, 2.45) is 0 Å². The van der Waals surface area contributed by atoms with Crippen molar-refractivity contribution < 1.29 is 4.92 Å². The minimum absolute atomic E-state index is 0.0225. The molecule has 15 heavy (non-hydrogen) atoms. The number of nitro groups is 1. The van der Waals surface area contributed by atoms with E-state index in [0.717, 1.165) is 12.3 Å². The van der Waals surface area contributed by atoms with Crippen LogP contribution in [0, 0.1) is 10.1 Å². The normalized spacial score (nSPS) is 10.4. The van der Waals surface area contributed by atoms with E-state index in [9.17, 15) is 19.7 Å². The molecular formula is C7H4N4O4. The minimum atomic E-state index is -0.704. The quantitative estimate of drug-likeness (QED) is 0.484. The lowest BCUT2D eigenvalue weighted by Gasteiger charge is -1.94. The molecule has 76 valence electrons. The molecule has 0 aliphatic rings. The Morgan fingerprint density at radius 2 is 2.07 bits per heavy atom. The van der Waals surface area contributed by atoms with Crippen LogP contribution in [-0.4, -0.2) is 19.9 Å². The van der Waals surface area contributed by atoms with Gasteiger partial charge in [0.15, 0.2) is 0 Å². The number of nitrogens with one attached hydrogen (secondary N) is 2. The van der Waals surface area contributed by atoms with E-state index in [1.165, 1.54) is 0 Å². The Morgan fingerprint density at radius 1 is 1.33 bits per heavy atom. The van der Waals surface area contributed by atoms with Gasteiger partial charge < -0.3 is 0 Å². The molecule has 2 aromatic rings. The average molecular weight is 208 g/mol. The number of rotatable bonds is 1. The molecule has 0 bridgehead atoms. The van der Waals surface area contributed by atoms with Crippen LogP contribution in [0.4, 0.5) is 5.69 Å². The number of pyridine rings is 1. The van der Waals surface area contributed by atoms with E-state index in [-0.39, 0.29) is 16.7 Å². The summed E-state index contributed by atoms with van der Waals surface area (Å²) < 4.78 is 0. The number of hydrogen-bond acceptors (Lipinski definition) is 5. The van der Waals surface area contributed by atoms with Crippen molar-refractivity contribution in [1.29, 1.82) is 0 Å². The second-order valence-electron chi connectivity index (χ2n) is 2.76. The average Bonchev–Trinajstić information content (AvgIpc) is 2.16. The first-order chi connectivity index (χ1) is 7.08. The van der Waals surface area contributed by atoms with Crippen molar-refractivity contribution in [3.8, 4) is 0 Å². The minimum Gasteiger partial charge on any atom is -0.291 e. The summed E-state index contributed by atoms with van der Waals surface area (Å²) in [6.45, 7) is 0. The van der Waals surface area contributed by atoms with Gasteiger partial charge in [-0.25, -0.2) is 9.78 Å². The van der Waals surface area contributed by atoms with E-state index in [1.807, 2.05) is 4.98 Å². The van der Waals surface area contributed by atoms with Crippen LogP contribution in [0.25, 0.3) is 11.0 Å². The van der Waals surface area contributed by atoms with E-state index in [0.29, 0.717) is 0 Å². The predicted molar refractivity (Wildman–Crippen MR) is 49.6 cm³/mol. The van der Waals surface area contributed by atoms with Gasteiger partial charge in [0.2, 0.25) is 0 Å². The fourth-order valence-electron chi connectivity index (χ4n) is 1.14. The lowest BCUT2D eigenvalue weighted by atomic mass is 10.3. The van der Waals surface area contributed by atoms with Crippen LogP contribution < -0.4 is 11.2 Å². The van der Waals surface area contributed by atoms with Crippen LogP contribution in [0.15, 0.2) is 21.9 Å². The van der Waals surface area contributed by atoms with Gasteiger partial charge in [-0.3, -0.25) is 24.9 Å². The molecule has 2 heterocycles. The topological polar surface area (TPSA) is 122 Å². The lowest BCUT2D eigenvalue weighted by molar-refractivity contribution is -0.385. The molecule has 0 saturated heterocycles. The van der Waals surface area contributed by atoms with Gasteiger partial charge in [0.05, 0.1) is 10.3 Å². The van der Waals surface area contributed by atoms with Gasteiger partial charge in [0, 0.05) is 6.07 Å². The van der Waals surface area contributed by atoms with Crippen LogP contribution in [0.1, 0.15) is 0 Å². The molecule has 2 rings (SSSR count). The Bertz CT molecular complexity index is 656. The van der Waals surface area contributed by atoms with E-state index in [4.69, 9.17) is 0 Å². The number of aromatic amines is 2. The summed E-state index contributed by atoms with van der Waals surface area (Å²) in [4.78, 5) is 39.6. The number of aromatic nitrogens is 3. The van der Waals surface area contributed by atoms with Crippen molar-refractivity contribution in [3.05, 3.63) is 43.2 Å². The van der Waals surface area contributed by atoms with E-state index < -0.39 is 16.2 Å². The molecule has 0 fully saturated rings. The molecule has 0 atom stereocenters. The van der Waals surface area contributed by atoms with Crippen LogP contribution >= 0.6 is 0 Å². The number of nitrogens with zero attached hydrogens (tertiary/aromatic N) is 2. The Hall–Kier alpha value is -2.51. The van der Waals surface area contributed by atoms with Gasteiger partial charge in [0.1, 0.15) is 11.8 Å². The Kier molecular flexibility index (Phi) is 1.82. The smallest absolute Gasteiger partial charge is 0.291 e. The maximum absolute atomic E-state index is 11.2. The fourth-order valence-corrected chi connectivity index (χ4v) is 1.14. The highest BCUT2D eigenvalue weighted by atomic mass is 16.6. The molecule has 2 N–H and O–H groups in total. The summed E-state index contributed by atoms with van der Waals surface area (Å²) in [5.74, 6) is 0. The molecule has 0 aromatic carbocycles. The van der Waals surface area contributed by atoms with Crippen LogP contribution in [-0.2, 0) is 0 Å². The van der Waals surface area contributed by atoms with E-state index in [2.05, 4.69) is 9.97 Å². The molecule has 0 aliphatic carbocycles. The van der Waals surface area contributed by atoms with Crippen molar-refractivity contribution in [3.63, 3.8) is 0 Å².